The molecule has 1 aliphatic carbocycles. The lowest BCUT2D eigenvalue weighted by Crippen LogP contribution is -2.37. The summed E-state index contributed by atoms with van der Waals surface area (Å²) in [6.45, 7) is 3.69. The number of ether oxygens (including phenoxy) is 2. The van der Waals surface area contributed by atoms with Crippen LogP contribution in [0.2, 0.25) is 0 Å². The molecule has 0 aromatic carbocycles. The van der Waals surface area contributed by atoms with Crippen LogP contribution in [0.1, 0.15) is 26.7 Å². The van der Waals surface area contributed by atoms with Gasteiger partial charge in [-0.25, -0.2) is 0 Å². The highest BCUT2D eigenvalue weighted by Gasteiger charge is 2.42. The molecule has 1 rings (SSSR count). The third kappa shape index (κ3) is 2.84. The predicted molar refractivity (Wildman–Crippen MR) is 58.6 cm³/mol. The van der Waals surface area contributed by atoms with E-state index in [1.807, 2.05) is 19.9 Å². The summed E-state index contributed by atoms with van der Waals surface area (Å²) in [6.07, 6.45) is 4.09. The molecule has 0 unspecified atom stereocenters. The Morgan fingerprint density at radius 2 is 1.62 bits per heavy atom. The molecule has 0 aliphatic heterocycles. The normalized spacial score (nSPS) is 14.7. The molecule has 0 bridgehead atoms. The molecule has 1 fully saturated rings. The molecular formula is C12H18O4. The summed E-state index contributed by atoms with van der Waals surface area (Å²) in [5.74, 6) is -1.99. The number of carbonyl (C=O) groups is 2. The van der Waals surface area contributed by atoms with Gasteiger partial charge in [0.15, 0.2) is 5.92 Å². The van der Waals surface area contributed by atoms with Crippen molar-refractivity contribution < 1.29 is 19.1 Å². The van der Waals surface area contributed by atoms with E-state index in [1.165, 1.54) is 19.8 Å². The van der Waals surface area contributed by atoms with Gasteiger partial charge in [0.25, 0.3) is 0 Å². The van der Waals surface area contributed by atoms with Gasteiger partial charge in [0, 0.05) is 5.41 Å². The summed E-state index contributed by atoms with van der Waals surface area (Å²) in [7, 11) is 2.55. The van der Waals surface area contributed by atoms with Gasteiger partial charge in [0.1, 0.15) is 0 Å². The number of esters is 2. The monoisotopic (exact) mass is 226 g/mol. The van der Waals surface area contributed by atoms with E-state index >= 15 is 0 Å². The SMILES string of the molecule is COC(=O)C(C(=O)OC)C(C)(C)C=C1CC1. The largest absolute Gasteiger partial charge is 0.468 e. The van der Waals surface area contributed by atoms with E-state index in [2.05, 4.69) is 9.47 Å². The Balaban J connectivity index is 2.94. The molecule has 1 aliphatic rings. The zero-order valence-electron chi connectivity index (χ0n) is 10.2. The van der Waals surface area contributed by atoms with Gasteiger partial charge in [-0.1, -0.05) is 25.5 Å². The van der Waals surface area contributed by atoms with Crippen LogP contribution < -0.4 is 0 Å². The quantitative estimate of drug-likeness (QED) is 0.416. The lowest BCUT2D eigenvalue weighted by atomic mass is 9.78. The molecule has 0 atom stereocenters. The van der Waals surface area contributed by atoms with E-state index < -0.39 is 23.3 Å². The van der Waals surface area contributed by atoms with E-state index in [4.69, 9.17) is 0 Å². The van der Waals surface area contributed by atoms with Crippen molar-refractivity contribution in [2.75, 3.05) is 14.2 Å². The van der Waals surface area contributed by atoms with Gasteiger partial charge in [-0.3, -0.25) is 9.59 Å². The van der Waals surface area contributed by atoms with Gasteiger partial charge in [-0.05, 0) is 12.8 Å². The van der Waals surface area contributed by atoms with E-state index in [0.29, 0.717) is 0 Å². The first-order valence-corrected chi connectivity index (χ1v) is 5.28. The lowest BCUT2D eigenvalue weighted by molar-refractivity contribution is -0.163. The number of hydrogen-bond acceptors (Lipinski definition) is 4. The molecule has 0 amide bonds. The molecule has 0 heterocycles. The number of rotatable bonds is 4. The van der Waals surface area contributed by atoms with E-state index in [-0.39, 0.29) is 0 Å². The first-order chi connectivity index (χ1) is 7.42. The summed E-state index contributed by atoms with van der Waals surface area (Å²) in [5, 5.41) is 0. The van der Waals surface area contributed by atoms with Gasteiger partial charge >= 0.3 is 11.9 Å². The molecule has 1 saturated carbocycles. The zero-order chi connectivity index (χ0) is 12.3. The van der Waals surface area contributed by atoms with Crippen LogP contribution in [-0.2, 0) is 19.1 Å². The number of hydrogen-bond donors (Lipinski definition) is 0. The highest BCUT2D eigenvalue weighted by molar-refractivity contribution is 5.96. The number of allylic oxidation sites excluding steroid dienone is 2. The van der Waals surface area contributed by atoms with Crippen LogP contribution >= 0.6 is 0 Å². The van der Waals surface area contributed by atoms with Crippen LogP contribution in [-0.4, -0.2) is 26.2 Å². The molecule has 0 aromatic rings. The minimum absolute atomic E-state index is 0.547. The van der Waals surface area contributed by atoms with E-state index in [0.717, 1.165) is 12.8 Å². The summed E-state index contributed by atoms with van der Waals surface area (Å²) in [4.78, 5) is 23.2. The van der Waals surface area contributed by atoms with Gasteiger partial charge in [-0.15, -0.1) is 0 Å². The second-order valence-corrected chi connectivity index (χ2v) is 4.60. The summed E-state index contributed by atoms with van der Waals surface area (Å²) < 4.78 is 9.31. The molecule has 0 N–H and O–H groups in total. The third-order valence-electron chi connectivity index (χ3n) is 2.73. The van der Waals surface area contributed by atoms with Gasteiger partial charge in [0.2, 0.25) is 0 Å². The van der Waals surface area contributed by atoms with Crippen molar-refractivity contribution >= 4 is 11.9 Å². The third-order valence-corrected chi connectivity index (χ3v) is 2.73. The van der Waals surface area contributed by atoms with Crippen LogP contribution in [0.3, 0.4) is 0 Å². The Bertz CT molecular complexity index is 306. The fourth-order valence-corrected chi connectivity index (χ4v) is 1.77. The molecule has 0 spiro atoms. The lowest BCUT2D eigenvalue weighted by Gasteiger charge is -2.27. The topological polar surface area (TPSA) is 52.6 Å². The number of carbonyl (C=O) groups excluding carboxylic acids is 2. The maximum absolute atomic E-state index is 11.6. The van der Waals surface area contributed by atoms with Crippen molar-refractivity contribution in [3.05, 3.63) is 11.6 Å². The molecule has 0 saturated heterocycles. The molecule has 4 heteroatoms. The molecule has 0 radical (unpaired) electrons. The first kappa shape index (κ1) is 12.7. The van der Waals surface area contributed by atoms with Crippen molar-refractivity contribution in [2.24, 2.45) is 11.3 Å². The Hall–Kier alpha value is -1.32. The number of methoxy groups -OCH3 is 2. The highest BCUT2D eigenvalue weighted by atomic mass is 16.5. The van der Waals surface area contributed by atoms with Crippen LogP contribution in [0.4, 0.5) is 0 Å². The Morgan fingerprint density at radius 3 is 1.94 bits per heavy atom. The first-order valence-electron chi connectivity index (χ1n) is 5.28. The van der Waals surface area contributed by atoms with E-state index in [1.54, 1.807) is 0 Å². The summed E-state index contributed by atoms with van der Waals surface area (Å²) in [5.41, 5.74) is 0.717. The highest BCUT2D eigenvalue weighted by Crippen LogP contribution is 2.38. The van der Waals surface area contributed by atoms with Crippen molar-refractivity contribution in [1.29, 1.82) is 0 Å². The molecule has 0 aromatic heterocycles. The maximum atomic E-state index is 11.6. The van der Waals surface area contributed by atoms with Crippen LogP contribution in [0, 0.1) is 11.3 Å². The smallest absolute Gasteiger partial charge is 0.320 e. The fourth-order valence-electron chi connectivity index (χ4n) is 1.77. The van der Waals surface area contributed by atoms with Gasteiger partial charge < -0.3 is 9.47 Å². The average Bonchev–Trinajstić information content (AvgIpc) is 2.99. The van der Waals surface area contributed by atoms with Gasteiger partial charge in [0.05, 0.1) is 14.2 Å². The molecule has 90 valence electrons. The molecular weight excluding hydrogens is 208 g/mol. The van der Waals surface area contributed by atoms with Crippen LogP contribution in [0.5, 0.6) is 0 Å². The molecule has 4 nitrogen and oxygen atoms in total. The van der Waals surface area contributed by atoms with Gasteiger partial charge in [-0.2, -0.15) is 0 Å². The standard InChI is InChI=1S/C12H18O4/c1-12(2,7-8-5-6-8)9(10(13)15-3)11(14)16-4/h7,9H,5-6H2,1-4H3. The minimum Gasteiger partial charge on any atom is -0.468 e. The van der Waals surface area contributed by atoms with Crippen molar-refractivity contribution in [2.45, 2.75) is 26.7 Å². The summed E-state index contributed by atoms with van der Waals surface area (Å²) in [6, 6.07) is 0. The predicted octanol–water partition coefficient (Wildman–Crippen LogP) is 1.69. The van der Waals surface area contributed by atoms with E-state index in [9.17, 15) is 9.59 Å². The second kappa shape index (κ2) is 4.68. The van der Waals surface area contributed by atoms with Crippen molar-refractivity contribution in [1.82, 2.24) is 0 Å². The summed E-state index contributed by atoms with van der Waals surface area (Å²) >= 11 is 0. The van der Waals surface area contributed by atoms with Crippen LogP contribution in [0.25, 0.3) is 0 Å². The van der Waals surface area contributed by atoms with Crippen molar-refractivity contribution in [3.8, 4) is 0 Å². The Morgan fingerprint density at radius 1 is 1.19 bits per heavy atom. The fraction of sp³-hybridized carbons (Fsp3) is 0.667. The maximum Gasteiger partial charge on any atom is 0.320 e. The Labute approximate surface area is 95.6 Å². The van der Waals surface area contributed by atoms with Crippen LogP contribution in [0.15, 0.2) is 11.6 Å². The Kier molecular flexibility index (Phi) is 3.73. The zero-order valence-corrected chi connectivity index (χ0v) is 10.2. The van der Waals surface area contributed by atoms with Crippen molar-refractivity contribution in [3.63, 3.8) is 0 Å². The second-order valence-electron chi connectivity index (χ2n) is 4.60. The average molecular weight is 226 g/mol. The molecule has 16 heavy (non-hydrogen) atoms. The minimum atomic E-state index is -0.893.